The van der Waals surface area contributed by atoms with Gasteiger partial charge in [0.15, 0.2) is 0 Å². The third kappa shape index (κ3) is 6.57. The monoisotopic (exact) mass is 324 g/mol. The lowest BCUT2D eigenvalue weighted by Crippen LogP contribution is -2.45. The quantitative estimate of drug-likeness (QED) is 0.748. The highest BCUT2D eigenvalue weighted by Crippen LogP contribution is 2.32. The predicted molar refractivity (Wildman–Crippen MR) is 90.6 cm³/mol. The van der Waals surface area contributed by atoms with E-state index in [2.05, 4.69) is 10.6 Å². The van der Waals surface area contributed by atoms with Crippen molar-refractivity contribution in [1.82, 2.24) is 10.6 Å². The fourth-order valence-electron chi connectivity index (χ4n) is 2.35. The van der Waals surface area contributed by atoms with Crippen molar-refractivity contribution < 1.29 is 14.3 Å². The van der Waals surface area contributed by atoms with E-state index in [1.165, 1.54) is 12.1 Å². The number of aliphatic hydroxyl groups is 1. The number of aliphatic hydroxyl groups excluding tert-OH is 1. The van der Waals surface area contributed by atoms with Gasteiger partial charge in [0.2, 0.25) is 0 Å². The van der Waals surface area contributed by atoms with E-state index in [1.807, 2.05) is 34.6 Å². The van der Waals surface area contributed by atoms with Gasteiger partial charge in [0, 0.05) is 13.2 Å². The van der Waals surface area contributed by atoms with E-state index in [9.17, 15) is 9.18 Å². The maximum Gasteiger partial charge on any atom is 0.315 e. The van der Waals surface area contributed by atoms with E-state index < -0.39 is 0 Å². The van der Waals surface area contributed by atoms with Crippen LogP contribution in [0, 0.1) is 16.6 Å². The summed E-state index contributed by atoms with van der Waals surface area (Å²) >= 11 is 0. The fourth-order valence-corrected chi connectivity index (χ4v) is 2.35. The van der Waals surface area contributed by atoms with E-state index in [4.69, 9.17) is 5.11 Å². The summed E-state index contributed by atoms with van der Waals surface area (Å²) < 4.78 is 13.1. The van der Waals surface area contributed by atoms with Crippen LogP contribution in [0.15, 0.2) is 24.3 Å². The molecule has 0 aliphatic rings. The minimum Gasteiger partial charge on any atom is -0.396 e. The maximum atomic E-state index is 13.1. The molecule has 4 nitrogen and oxygen atoms in total. The second-order valence-electron chi connectivity index (χ2n) is 7.82. The Morgan fingerprint density at radius 3 is 2.22 bits per heavy atom. The minimum absolute atomic E-state index is 0.0937. The molecule has 0 aliphatic heterocycles. The number of hydrogen-bond donors (Lipinski definition) is 3. The molecule has 2 amide bonds. The summed E-state index contributed by atoms with van der Waals surface area (Å²) in [7, 11) is 0. The van der Waals surface area contributed by atoms with Crippen molar-refractivity contribution in [2.24, 2.45) is 10.8 Å². The molecule has 130 valence electrons. The van der Waals surface area contributed by atoms with Gasteiger partial charge in [-0.25, -0.2) is 9.18 Å². The van der Waals surface area contributed by atoms with Gasteiger partial charge < -0.3 is 15.7 Å². The summed E-state index contributed by atoms with van der Waals surface area (Å²) in [6.45, 7) is 10.6. The van der Waals surface area contributed by atoms with Gasteiger partial charge in [0.05, 0.1) is 6.04 Å². The molecule has 5 heteroatoms. The van der Waals surface area contributed by atoms with Gasteiger partial charge in [-0.2, -0.15) is 0 Å². The van der Waals surface area contributed by atoms with Gasteiger partial charge >= 0.3 is 6.03 Å². The summed E-state index contributed by atoms with van der Waals surface area (Å²) in [5.74, 6) is -0.295. The smallest absolute Gasteiger partial charge is 0.315 e. The Hall–Kier alpha value is -1.62. The van der Waals surface area contributed by atoms with Crippen LogP contribution in [0.4, 0.5) is 9.18 Å². The number of urea groups is 1. The Bertz CT molecular complexity index is 507. The number of nitrogens with one attached hydrogen (secondary N) is 2. The maximum absolute atomic E-state index is 13.1. The normalized spacial score (nSPS) is 13.5. The number of amides is 2. The Kier molecular flexibility index (Phi) is 6.57. The van der Waals surface area contributed by atoms with Crippen molar-refractivity contribution in [1.29, 1.82) is 0 Å². The zero-order valence-electron chi connectivity index (χ0n) is 14.7. The lowest BCUT2D eigenvalue weighted by Gasteiger charge is -2.32. The molecule has 0 saturated carbocycles. The second-order valence-corrected chi connectivity index (χ2v) is 7.82. The van der Waals surface area contributed by atoms with Gasteiger partial charge in [-0.1, -0.05) is 46.8 Å². The highest BCUT2D eigenvalue weighted by Gasteiger charge is 2.28. The molecule has 1 rings (SSSR count). The average Bonchev–Trinajstić information content (AvgIpc) is 2.43. The summed E-state index contributed by atoms with van der Waals surface area (Å²) in [5, 5.41) is 14.9. The van der Waals surface area contributed by atoms with Gasteiger partial charge in [-0.05, 0) is 34.9 Å². The number of rotatable bonds is 6. The third-order valence-electron chi connectivity index (χ3n) is 3.86. The van der Waals surface area contributed by atoms with Gasteiger partial charge in [0.25, 0.3) is 0 Å². The van der Waals surface area contributed by atoms with Gasteiger partial charge in [-0.3, -0.25) is 0 Å². The molecule has 23 heavy (non-hydrogen) atoms. The predicted octanol–water partition coefficient (Wildman–Crippen LogP) is 3.62. The summed E-state index contributed by atoms with van der Waals surface area (Å²) in [4.78, 5) is 12.2. The fraction of sp³-hybridized carbons (Fsp3) is 0.611. The van der Waals surface area contributed by atoms with Crippen molar-refractivity contribution >= 4 is 6.03 Å². The third-order valence-corrected chi connectivity index (χ3v) is 3.86. The summed E-state index contributed by atoms with van der Waals surface area (Å²) in [6, 6.07) is 5.70. The van der Waals surface area contributed by atoms with Crippen LogP contribution in [-0.2, 0) is 0 Å². The number of carbonyl (C=O) groups is 1. The molecule has 0 bridgehead atoms. The number of benzene rings is 1. The van der Waals surface area contributed by atoms with Crippen LogP contribution in [0.25, 0.3) is 0 Å². The van der Waals surface area contributed by atoms with Crippen LogP contribution < -0.4 is 10.6 Å². The molecule has 3 N–H and O–H groups in total. The van der Waals surface area contributed by atoms with Crippen LogP contribution in [-0.4, -0.2) is 24.3 Å². The zero-order chi connectivity index (χ0) is 17.7. The molecular formula is C18H29FN2O2. The van der Waals surface area contributed by atoms with Crippen molar-refractivity contribution in [3.63, 3.8) is 0 Å². The molecule has 1 unspecified atom stereocenters. The molecule has 0 aromatic heterocycles. The van der Waals surface area contributed by atoms with Gasteiger partial charge in [0.1, 0.15) is 5.82 Å². The number of halogens is 1. The Morgan fingerprint density at radius 1 is 1.17 bits per heavy atom. The molecule has 1 atom stereocenters. The molecule has 0 heterocycles. The SMILES string of the molecule is CC(C)(CCO)CNC(=O)NC(c1ccc(F)cc1)C(C)(C)C. The molecule has 0 spiro atoms. The Labute approximate surface area is 138 Å². The Morgan fingerprint density at radius 2 is 1.74 bits per heavy atom. The topological polar surface area (TPSA) is 61.4 Å². The van der Waals surface area contributed by atoms with E-state index in [0.717, 1.165) is 5.56 Å². The minimum atomic E-state index is -0.295. The van der Waals surface area contributed by atoms with Crippen molar-refractivity contribution in [2.75, 3.05) is 13.2 Å². The van der Waals surface area contributed by atoms with Crippen LogP contribution in [0.5, 0.6) is 0 Å². The standard InChI is InChI=1S/C18H29FN2O2/c1-17(2,3)15(13-6-8-14(19)9-7-13)21-16(23)20-12-18(4,5)10-11-22/h6-9,15,22H,10-12H2,1-5H3,(H2,20,21,23). The first-order valence-electron chi connectivity index (χ1n) is 7.96. The van der Waals surface area contributed by atoms with E-state index in [-0.39, 0.29) is 35.3 Å². The molecule has 1 aromatic rings. The zero-order valence-corrected chi connectivity index (χ0v) is 14.7. The van der Waals surface area contributed by atoms with E-state index in [0.29, 0.717) is 13.0 Å². The number of carbonyl (C=O) groups excluding carboxylic acids is 1. The summed E-state index contributed by atoms with van der Waals surface area (Å²) in [6.07, 6.45) is 0.619. The van der Waals surface area contributed by atoms with Crippen LogP contribution in [0.3, 0.4) is 0 Å². The van der Waals surface area contributed by atoms with Crippen LogP contribution in [0.2, 0.25) is 0 Å². The van der Waals surface area contributed by atoms with Gasteiger partial charge in [-0.15, -0.1) is 0 Å². The van der Waals surface area contributed by atoms with Crippen LogP contribution >= 0.6 is 0 Å². The molecule has 0 radical (unpaired) electrons. The molecular weight excluding hydrogens is 295 g/mol. The Balaban J connectivity index is 2.75. The first-order valence-corrected chi connectivity index (χ1v) is 7.96. The lowest BCUT2D eigenvalue weighted by atomic mass is 9.82. The molecule has 0 saturated heterocycles. The van der Waals surface area contributed by atoms with Crippen LogP contribution in [0.1, 0.15) is 52.6 Å². The molecule has 0 fully saturated rings. The summed E-state index contributed by atoms with van der Waals surface area (Å²) in [5.41, 5.74) is 0.485. The van der Waals surface area contributed by atoms with Crippen molar-refractivity contribution in [3.05, 3.63) is 35.6 Å². The molecule has 0 aliphatic carbocycles. The first kappa shape index (κ1) is 19.4. The highest BCUT2D eigenvalue weighted by atomic mass is 19.1. The lowest BCUT2D eigenvalue weighted by molar-refractivity contribution is 0.194. The first-order chi connectivity index (χ1) is 10.5. The van der Waals surface area contributed by atoms with Crippen molar-refractivity contribution in [3.8, 4) is 0 Å². The van der Waals surface area contributed by atoms with E-state index >= 15 is 0 Å². The average molecular weight is 324 g/mol. The molecule has 1 aromatic carbocycles. The second kappa shape index (κ2) is 7.77. The largest absolute Gasteiger partial charge is 0.396 e. The number of hydrogen-bond acceptors (Lipinski definition) is 2. The van der Waals surface area contributed by atoms with E-state index in [1.54, 1.807) is 12.1 Å². The highest BCUT2D eigenvalue weighted by molar-refractivity contribution is 5.74. The van der Waals surface area contributed by atoms with Crippen molar-refractivity contribution in [2.45, 2.75) is 47.1 Å².